The highest BCUT2D eigenvalue weighted by atomic mass is 16.1. The normalized spacial score (nSPS) is 11.2. The number of nitrogens with one attached hydrogen (secondary N) is 2. The molecule has 0 atom stereocenters. The van der Waals surface area contributed by atoms with E-state index in [1.165, 1.54) is 9.13 Å². The Morgan fingerprint density at radius 3 is 2.08 bits per heavy atom. The Balaban J connectivity index is 1.89. The molecule has 186 valence electrons. The van der Waals surface area contributed by atoms with Crippen LogP contribution in [0, 0.1) is 13.8 Å². The highest BCUT2D eigenvalue weighted by Crippen LogP contribution is 2.25. The van der Waals surface area contributed by atoms with Crippen molar-refractivity contribution in [1.82, 2.24) is 24.3 Å². The van der Waals surface area contributed by atoms with Gasteiger partial charge in [0.1, 0.15) is 17.2 Å². The minimum Gasteiger partial charge on any atom is -0.378 e. The molecule has 9 nitrogen and oxygen atoms in total. The lowest BCUT2D eigenvalue weighted by Gasteiger charge is -2.16. The van der Waals surface area contributed by atoms with Crippen LogP contribution in [0.25, 0.3) is 22.8 Å². The molecule has 4 aromatic rings. The second-order valence-corrected chi connectivity index (χ2v) is 9.40. The summed E-state index contributed by atoms with van der Waals surface area (Å²) in [6, 6.07) is 12.9. The molecule has 0 bridgehead atoms. The molecule has 0 radical (unpaired) electrons. The van der Waals surface area contributed by atoms with Gasteiger partial charge in [0.25, 0.3) is 11.1 Å². The van der Waals surface area contributed by atoms with Crippen LogP contribution in [-0.4, -0.2) is 36.4 Å². The molecule has 0 amide bonds. The number of anilines is 2. The molecule has 0 spiro atoms. The van der Waals surface area contributed by atoms with Gasteiger partial charge in [0, 0.05) is 35.7 Å². The molecule has 0 saturated heterocycles. The Bertz CT molecular complexity index is 1500. The van der Waals surface area contributed by atoms with Gasteiger partial charge in [-0.2, -0.15) is 5.10 Å². The maximum atomic E-state index is 13.3. The van der Waals surface area contributed by atoms with Crippen LogP contribution in [0.3, 0.4) is 0 Å². The van der Waals surface area contributed by atoms with E-state index in [0.717, 1.165) is 22.5 Å². The Morgan fingerprint density at radius 2 is 1.42 bits per heavy atom. The maximum absolute atomic E-state index is 13.3. The first-order valence-electron chi connectivity index (χ1n) is 11.9. The van der Waals surface area contributed by atoms with Gasteiger partial charge in [0.05, 0.1) is 5.69 Å². The quantitative estimate of drug-likeness (QED) is 0.406. The lowest BCUT2D eigenvalue weighted by atomic mass is 10.1. The summed E-state index contributed by atoms with van der Waals surface area (Å²) < 4.78 is 3.01. The number of rotatable bonds is 7. The van der Waals surface area contributed by atoms with Crippen LogP contribution in [0.2, 0.25) is 0 Å². The van der Waals surface area contributed by atoms with E-state index < -0.39 is 0 Å². The first-order chi connectivity index (χ1) is 17.1. The molecule has 0 aliphatic heterocycles. The monoisotopic (exact) mass is 485 g/mol. The van der Waals surface area contributed by atoms with Crippen molar-refractivity contribution in [3.8, 4) is 22.8 Å². The number of hydrogen-bond acceptors (Lipinski definition) is 7. The van der Waals surface area contributed by atoms with Crippen molar-refractivity contribution in [2.75, 3.05) is 10.6 Å². The largest absolute Gasteiger partial charge is 0.378 e. The molecule has 4 heterocycles. The van der Waals surface area contributed by atoms with Crippen molar-refractivity contribution >= 4 is 11.4 Å². The summed E-state index contributed by atoms with van der Waals surface area (Å²) in [6.45, 7) is 11.6. The first kappa shape index (κ1) is 24.8. The van der Waals surface area contributed by atoms with Gasteiger partial charge in [0.15, 0.2) is 5.82 Å². The molecule has 0 aliphatic carbocycles. The van der Waals surface area contributed by atoms with E-state index in [-0.39, 0.29) is 23.2 Å². The fraction of sp³-hybridized carbons (Fsp3) is 0.296. The Morgan fingerprint density at radius 1 is 0.722 bits per heavy atom. The van der Waals surface area contributed by atoms with Gasteiger partial charge in [-0.25, -0.2) is 4.98 Å². The zero-order chi connectivity index (χ0) is 26.0. The van der Waals surface area contributed by atoms with Crippen molar-refractivity contribution in [1.29, 1.82) is 0 Å². The summed E-state index contributed by atoms with van der Waals surface area (Å²) in [6.07, 6.45) is 3.44. The summed E-state index contributed by atoms with van der Waals surface area (Å²) in [7, 11) is 0. The maximum Gasteiger partial charge on any atom is 0.279 e. The highest BCUT2D eigenvalue weighted by Gasteiger charge is 2.14. The number of pyridine rings is 3. The average Bonchev–Trinajstić information content (AvgIpc) is 2.81. The molecule has 0 aliphatic rings. The second kappa shape index (κ2) is 10.2. The van der Waals surface area contributed by atoms with Gasteiger partial charge in [-0.15, -0.1) is 5.10 Å². The average molecular weight is 486 g/mol. The number of aryl methyl sites for hydroxylation is 2. The number of hydrogen-bond donors (Lipinski definition) is 2. The Labute approximate surface area is 209 Å². The van der Waals surface area contributed by atoms with E-state index in [4.69, 9.17) is 0 Å². The van der Waals surface area contributed by atoms with Crippen LogP contribution in [0.15, 0.2) is 64.4 Å². The van der Waals surface area contributed by atoms with Crippen LogP contribution < -0.4 is 21.8 Å². The summed E-state index contributed by atoms with van der Waals surface area (Å²) in [5.41, 5.74) is 3.63. The zero-order valence-corrected chi connectivity index (χ0v) is 21.4. The predicted octanol–water partition coefficient (Wildman–Crippen LogP) is 4.10. The van der Waals surface area contributed by atoms with Crippen molar-refractivity contribution < 1.29 is 0 Å². The Kier molecular flexibility index (Phi) is 7.00. The molecule has 4 rings (SSSR count). The lowest BCUT2D eigenvalue weighted by Crippen LogP contribution is -2.26. The lowest BCUT2D eigenvalue weighted by molar-refractivity contribution is 0.852. The SMILES string of the molecule is Cc1ccc(-n2cc(-c3cc(C)nc(-n4cccc(NC(C)C)c4=O)c3)cc(NC(C)C)c2=O)nn1. The molecule has 0 saturated carbocycles. The fourth-order valence-electron chi connectivity index (χ4n) is 3.88. The van der Waals surface area contributed by atoms with Crippen LogP contribution in [0.1, 0.15) is 39.1 Å². The third-order valence-electron chi connectivity index (χ3n) is 5.40. The van der Waals surface area contributed by atoms with Gasteiger partial charge in [-0.05, 0) is 89.6 Å². The van der Waals surface area contributed by atoms with Crippen LogP contribution >= 0.6 is 0 Å². The van der Waals surface area contributed by atoms with E-state index in [1.54, 1.807) is 24.5 Å². The van der Waals surface area contributed by atoms with Crippen molar-refractivity contribution in [3.05, 3.63) is 87.0 Å². The topological polar surface area (TPSA) is 107 Å². The van der Waals surface area contributed by atoms with Crippen molar-refractivity contribution in [2.24, 2.45) is 0 Å². The van der Waals surface area contributed by atoms with Gasteiger partial charge in [0.2, 0.25) is 0 Å². The van der Waals surface area contributed by atoms with Gasteiger partial charge in [-0.3, -0.25) is 18.7 Å². The van der Waals surface area contributed by atoms with Crippen molar-refractivity contribution in [2.45, 2.75) is 53.6 Å². The zero-order valence-electron chi connectivity index (χ0n) is 21.4. The van der Waals surface area contributed by atoms with Crippen LogP contribution in [-0.2, 0) is 0 Å². The standard InChI is InChI=1S/C27H31N7O2/c1-16(2)28-22-8-7-11-33(26(22)35)25-14-20(12-19(6)30-25)21-13-23(29-17(3)4)27(36)34(15-21)24-10-9-18(5)31-32-24/h7-17,28-29H,1-6H3. The second-order valence-electron chi connectivity index (χ2n) is 9.40. The van der Waals surface area contributed by atoms with Crippen molar-refractivity contribution in [3.63, 3.8) is 0 Å². The summed E-state index contributed by atoms with van der Waals surface area (Å²) in [5.74, 6) is 0.919. The molecule has 9 heteroatoms. The summed E-state index contributed by atoms with van der Waals surface area (Å²) in [5, 5.41) is 14.7. The van der Waals surface area contributed by atoms with Crippen LogP contribution in [0.5, 0.6) is 0 Å². The molecular weight excluding hydrogens is 454 g/mol. The van der Waals surface area contributed by atoms with E-state index in [0.29, 0.717) is 23.0 Å². The third-order valence-corrected chi connectivity index (χ3v) is 5.40. The third kappa shape index (κ3) is 5.35. The van der Waals surface area contributed by atoms with E-state index >= 15 is 0 Å². The predicted molar refractivity (Wildman–Crippen MR) is 143 cm³/mol. The van der Waals surface area contributed by atoms with E-state index in [9.17, 15) is 9.59 Å². The molecule has 36 heavy (non-hydrogen) atoms. The molecular formula is C27H31N7O2. The number of aromatic nitrogens is 5. The molecule has 2 N–H and O–H groups in total. The molecule has 0 unspecified atom stereocenters. The fourth-order valence-corrected chi connectivity index (χ4v) is 3.88. The molecule has 4 aromatic heterocycles. The highest BCUT2D eigenvalue weighted by molar-refractivity contribution is 5.69. The first-order valence-corrected chi connectivity index (χ1v) is 11.9. The smallest absolute Gasteiger partial charge is 0.279 e. The van der Waals surface area contributed by atoms with Crippen LogP contribution in [0.4, 0.5) is 11.4 Å². The Hall–Kier alpha value is -4.27. The minimum absolute atomic E-state index is 0.0509. The van der Waals surface area contributed by atoms with Gasteiger partial charge >= 0.3 is 0 Å². The van der Waals surface area contributed by atoms with E-state index in [1.807, 2.05) is 71.9 Å². The molecule has 0 aromatic carbocycles. The minimum atomic E-state index is -0.222. The van der Waals surface area contributed by atoms with Gasteiger partial charge in [-0.1, -0.05) is 0 Å². The summed E-state index contributed by atoms with van der Waals surface area (Å²) >= 11 is 0. The number of nitrogens with zero attached hydrogens (tertiary/aromatic N) is 5. The van der Waals surface area contributed by atoms with Gasteiger partial charge < -0.3 is 10.6 Å². The van der Waals surface area contributed by atoms with E-state index in [2.05, 4.69) is 25.8 Å². The summed E-state index contributed by atoms with van der Waals surface area (Å²) in [4.78, 5) is 31.0. The molecule has 0 fully saturated rings.